The van der Waals surface area contributed by atoms with Crippen molar-refractivity contribution in [2.24, 2.45) is 5.92 Å². The predicted molar refractivity (Wildman–Crippen MR) is 51.2 cm³/mol. The van der Waals surface area contributed by atoms with Crippen LogP contribution < -0.4 is 0 Å². The van der Waals surface area contributed by atoms with Crippen LogP contribution in [0.4, 0.5) is 0 Å². The molecule has 0 bridgehead atoms. The number of sulfone groups is 1. The number of hydrogen-bond acceptors (Lipinski definition) is 3. The molecule has 1 aliphatic carbocycles. The van der Waals surface area contributed by atoms with Gasteiger partial charge in [-0.2, -0.15) is 0 Å². The second-order valence-electron chi connectivity index (χ2n) is 3.97. The Morgan fingerprint density at radius 2 is 1.92 bits per heavy atom. The van der Waals surface area contributed by atoms with Crippen molar-refractivity contribution in [3.05, 3.63) is 0 Å². The van der Waals surface area contributed by atoms with E-state index in [0.29, 0.717) is 12.8 Å². The third-order valence-corrected chi connectivity index (χ3v) is 5.62. The first-order valence-corrected chi connectivity index (χ1v) is 6.23. The Balaban J connectivity index is 2.92. The van der Waals surface area contributed by atoms with E-state index >= 15 is 0 Å². The number of carbonyl (C=O) groups excluding carboxylic acids is 1. The van der Waals surface area contributed by atoms with Crippen LogP contribution in [0.15, 0.2) is 0 Å². The third kappa shape index (κ3) is 1.77. The van der Waals surface area contributed by atoms with Crippen LogP contribution in [0.3, 0.4) is 0 Å². The van der Waals surface area contributed by atoms with Crippen LogP contribution in [-0.4, -0.2) is 24.7 Å². The average molecular weight is 204 g/mol. The lowest BCUT2D eigenvalue weighted by molar-refractivity contribution is -0.120. The maximum absolute atomic E-state index is 11.7. The van der Waals surface area contributed by atoms with Gasteiger partial charge in [0.15, 0.2) is 9.84 Å². The standard InChI is InChI=1S/C9H16O3S/c1-6(2)13(11,12)9-5-4-8(10)7(9)3/h6-7,9H,4-5H2,1-3H3. The molecule has 0 saturated heterocycles. The van der Waals surface area contributed by atoms with Crippen LogP contribution in [0.5, 0.6) is 0 Å². The van der Waals surface area contributed by atoms with Crippen molar-refractivity contribution in [1.29, 1.82) is 0 Å². The summed E-state index contributed by atoms with van der Waals surface area (Å²) in [6.07, 6.45) is 0.943. The first kappa shape index (κ1) is 10.7. The maximum atomic E-state index is 11.7. The quantitative estimate of drug-likeness (QED) is 0.678. The smallest absolute Gasteiger partial charge is 0.156 e. The summed E-state index contributed by atoms with van der Waals surface area (Å²) >= 11 is 0. The highest BCUT2D eigenvalue weighted by molar-refractivity contribution is 7.92. The highest BCUT2D eigenvalue weighted by Crippen LogP contribution is 2.30. The van der Waals surface area contributed by atoms with Crippen LogP contribution in [-0.2, 0) is 14.6 Å². The van der Waals surface area contributed by atoms with Gasteiger partial charge < -0.3 is 0 Å². The molecule has 0 aliphatic heterocycles. The van der Waals surface area contributed by atoms with Gasteiger partial charge in [0.25, 0.3) is 0 Å². The Morgan fingerprint density at radius 3 is 2.23 bits per heavy atom. The molecule has 0 spiro atoms. The summed E-state index contributed by atoms with van der Waals surface area (Å²) in [5, 5.41) is -0.800. The van der Waals surface area contributed by atoms with E-state index in [4.69, 9.17) is 0 Å². The summed E-state index contributed by atoms with van der Waals surface area (Å²) in [5.74, 6) is -0.207. The van der Waals surface area contributed by atoms with Gasteiger partial charge in [-0.3, -0.25) is 4.79 Å². The molecule has 3 nitrogen and oxygen atoms in total. The van der Waals surface area contributed by atoms with Gasteiger partial charge in [-0.05, 0) is 20.3 Å². The van der Waals surface area contributed by atoms with Gasteiger partial charge >= 0.3 is 0 Å². The molecule has 2 atom stereocenters. The van der Waals surface area contributed by atoms with Crippen molar-refractivity contribution in [2.45, 2.75) is 44.1 Å². The third-order valence-electron chi connectivity index (χ3n) is 2.82. The van der Waals surface area contributed by atoms with Gasteiger partial charge in [0.05, 0.1) is 10.5 Å². The summed E-state index contributed by atoms with van der Waals surface area (Å²) in [7, 11) is -3.08. The van der Waals surface area contributed by atoms with Crippen molar-refractivity contribution in [3.8, 4) is 0 Å². The highest BCUT2D eigenvalue weighted by atomic mass is 32.2. The molecule has 0 amide bonds. The van der Waals surface area contributed by atoms with E-state index in [1.165, 1.54) is 0 Å². The molecule has 0 heterocycles. The van der Waals surface area contributed by atoms with Crippen LogP contribution >= 0.6 is 0 Å². The van der Waals surface area contributed by atoms with E-state index in [1.54, 1.807) is 20.8 Å². The molecule has 13 heavy (non-hydrogen) atoms. The molecule has 0 aromatic carbocycles. The average Bonchev–Trinajstić information content (AvgIpc) is 2.33. The first-order chi connectivity index (χ1) is 5.87. The van der Waals surface area contributed by atoms with Gasteiger partial charge in [-0.15, -0.1) is 0 Å². The van der Waals surface area contributed by atoms with Crippen LogP contribution in [0, 0.1) is 5.92 Å². The minimum absolute atomic E-state index is 0.0919. The van der Waals surface area contributed by atoms with E-state index in [1.807, 2.05) is 0 Å². The second kappa shape index (κ2) is 3.40. The van der Waals surface area contributed by atoms with E-state index in [9.17, 15) is 13.2 Å². The Hall–Kier alpha value is -0.380. The van der Waals surface area contributed by atoms with Crippen molar-refractivity contribution >= 4 is 15.6 Å². The largest absolute Gasteiger partial charge is 0.299 e. The molecular formula is C9H16O3S. The topological polar surface area (TPSA) is 51.2 Å². The molecule has 1 saturated carbocycles. The minimum atomic E-state index is -3.08. The number of rotatable bonds is 2. The normalized spacial score (nSPS) is 30.0. The van der Waals surface area contributed by atoms with Crippen LogP contribution in [0.25, 0.3) is 0 Å². The summed E-state index contributed by atoms with van der Waals surface area (Å²) in [6.45, 7) is 5.07. The molecule has 0 aromatic rings. The number of hydrogen-bond donors (Lipinski definition) is 0. The van der Waals surface area contributed by atoms with Crippen LogP contribution in [0.2, 0.25) is 0 Å². The summed E-state index contributed by atoms with van der Waals surface area (Å²) in [6, 6.07) is 0. The fraction of sp³-hybridized carbons (Fsp3) is 0.889. The number of ketones is 1. The van der Waals surface area contributed by atoms with E-state index in [-0.39, 0.29) is 17.0 Å². The van der Waals surface area contributed by atoms with Crippen molar-refractivity contribution in [2.75, 3.05) is 0 Å². The SMILES string of the molecule is CC1C(=O)CCC1S(=O)(=O)C(C)C. The fourth-order valence-electron chi connectivity index (χ4n) is 1.77. The van der Waals surface area contributed by atoms with E-state index in [0.717, 1.165) is 0 Å². The molecule has 76 valence electrons. The van der Waals surface area contributed by atoms with Gasteiger partial charge in [-0.1, -0.05) is 6.92 Å². The van der Waals surface area contributed by atoms with Gasteiger partial charge in [0.1, 0.15) is 5.78 Å². The Bertz CT molecular complexity index is 303. The molecule has 0 N–H and O–H groups in total. The predicted octanol–water partition coefficient (Wildman–Crippen LogP) is 1.18. The lowest BCUT2D eigenvalue weighted by Crippen LogP contribution is -2.31. The van der Waals surface area contributed by atoms with Crippen LogP contribution in [0.1, 0.15) is 33.6 Å². The zero-order valence-corrected chi connectivity index (χ0v) is 9.10. The zero-order valence-electron chi connectivity index (χ0n) is 8.28. The highest BCUT2D eigenvalue weighted by Gasteiger charge is 2.40. The van der Waals surface area contributed by atoms with E-state index < -0.39 is 15.1 Å². The van der Waals surface area contributed by atoms with Crippen molar-refractivity contribution < 1.29 is 13.2 Å². The zero-order chi connectivity index (χ0) is 10.2. The lowest BCUT2D eigenvalue weighted by atomic mass is 10.1. The lowest BCUT2D eigenvalue weighted by Gasteiger charge is -2.17. The molecule has 4 heteroatoms. The minimum Gasteiger partial charge on any atom is -0.299 e. The van der Waals surface area contributed by atoms with Gasteiger partial charge in [0, 0.05) is 12.3 Å². The summed E-state index contributed by atoms with van der Waals surface area (Å²) in [5.41, 5.74) is 0. The Morgan fingerprint density at radius 1 is 1.38 bits per heavy atom. The van der Waals surface area contributed by atoms with Gasteiger partial charge in [-0.25, -0.2) is 8.42 Å². The molecule has 0 radical (unpaired) electrons. The summed E-state index contributed by atoms with van der Waals surface area (Å²) < 4.78 is 23.5. The number of Topliss-reactive ketones (excluding diaryl/α,β-unsaturated/α-hetero) is 1. The van der Waals surface area contributed by atoms with Crippen molar-refractivity contribution in [3.63, 3.8) is 0 Å². The molecule has 1 aliphatic rings. The molecule has 0 aromatic heterocycles. The number of carbonyl (C=O) groups is 1. The second-order valence-corrected chi connectivity index (χ2v) is 6.70. The summed E-state index contributed by atoms with van der Waals surface area (Å²) in [4.78, 5) is 11.2. The first-order valence-electron chi connectivity index (χ1n) is 4.62. The molecule has 1 fully saturated rings. The monoisotopic (exact) mass is 204 g/mol. The van der Waals surface area contributed by atoms with Gasteiger partial charge in [0.2, 0.25) is 0 Å². The fourth-order valence-corrected chi connectivity index (χ4v) is 3.63. The Labute approximate surface area is 79.4 Å². The molecule has 2 unspecified atom stereocenters. The molecular weight excluding hydrogens is 188 g/mol. The maximum Gasteiger partial charge on any atom is 0.156 e. The molecule has 1 rings (SSSR count). The van der Waals surface area contributed by atoms with E-state index in [2.05, 4.69) is 0 Å². The van der Waals surface area contributed by atoms with Crippen molar-refractivity contribution in [1.82, 2.24) is 0 Å². The Kier molecular flexibility index (Phi) is 2.80.